The quantitative estimate of drug-likeness (QED) is 0.533. The number of halogens is 1. The van der Waals surface area contributed by atoms with Crippen LogP contribution in [0.4, 0.5) is 0 Å². The molecular weight excluding hydrogens is 230 g/mol. The fraction of sp³-hybridized carbons (Fsp3) is 0.133. The highest BCUT2D eigenvalue weighted by Crippen LogP contribution is 2.15. The maximum atomic E-state index is 3.84. The fourth-order valence-corrected chi connectivity index (χ4v) is 1.88. The first-order valence-corrected chi connectivity index (χ1v) is 5.53. The van der Waals surface area contributed by atoms with E-state index in [2.05, 4.69) is 59.9 Å². The number of aromatic nitrogens is 1. The van der Waals surface area contributed by atoms with Gasteiger partial charge in [0.15, 0.2) is 18.4 Å². The zero-order chi connectivity index (χ0) is 11.2. The predicted molar refractivity (Wildman–Crippen MR) is 66.0 cm³/mol. The van der Waals surface area contributed by atoms with Crippen LogP contribution < -0.4 is 17.0 Å². The highest BCUT2D eigenvalue weighted by atomic mass is 35.5. The SMILES string of the molecule is C=CCC(c1ccccc1)[n+]1ccccc1.[Cl-]. The van der Waals surface area contributed by atoms with Crippen molar-refractivity contribution >= 4 is 0 Å². The summed E-state index contributed by atoms with van der Waals surface area (Å²) < 4.78 is 2.22. The van der Waals surface area contributed by atoms with Gasteiger partial charge in [0.2, 0.25) is 0 Å². The van der Waals surface area contributed by atoms with Gasteiger partial charge in [-0.1, -0.05) is 42.5 Å². The average molecular weight is 246 g/mol. The van der Waals surface area contributed by atoms with Crippen molar-refractivity contribution in [3.8, 4) is 0 Å². The Morgan fingerprint density at radius 1 is 1.00 bits per heavy atom. The number of rotatable bonds is 4. The molecule has 0 spiro atoms. The summed E-state index contributed by atoms with van der Waals surface area (Å²) >= 11 is 0. The van der Waals surface area contributed by atoms with E-state index in [1.807, 2.05) is 18.2 Å². The van der Waals surface area contributed by atoms with Crippen molar-refractivity contribution in [2.45, 2.75) is 12.5 Å². The van der Waals surface area contributed by atoms with Crippen LogP contribution in [-0.2, 0) is 0 Å². The van der Waals surface area contributed by atoms with Crippen LogP contribution in [0.1, 0.15) is 18.0 Å². The van der Waals surface area contributed by atoms with E-state index in [0.29, 0.717) is 6.04 Å². The van der Waals surface area contributed by atoms with Crippen molar-refractivity contribution in [3.63, 3.8) is 0 Å². The summed E-state index contributed by atoms with van der Waals surface area (Å²) in [6, 6.07) is 17.0. The van der Waals surface area contributed by atoms with Gasteiger partial charge in [-0.05, 0) is 0 Å². The van der Waals surface area contributed by atoms with Crippen LogP contribution in [0.25, 0.3) is 0 Å². The Kier molecular flexibility index (Phi) is 5.44. The van der Waals surface area contributed by atoms with Crippen molar-refractivity contribution in [2.24, 2.45) is 0 Å². The van der Waals surface area contributed by atoms with E-state index in [9.17, 15) is 0 Å². The van der Waals surface area contributed by atoms with E-state index in [1.54, 1.807) is 0 Å². The molecule has 0 saturated heterocycles. The highest BCUT2D eigenvalue weighted by Gasteiger charge is 2.17. The average Bonchev–Trinajstić information content (AvgIpc) is 2.38. The lowest BCUT2D eigenvalue weighted by Gasteiger charge is -2.10. The molecule has 2 aromatic rings. The smallest absolute Gasteiger partial charge is 0.186 e. The Morgan fingerprint density at radius 3 is 2.18 bits per heavy atom. The van der Waals surface area contributed by atoms with E-state index < -0.39 is 0 Å². The molecule has 17 heavy (non-hydrogen) atoms. The molecule has 2 heteroatoms. The molecule has 0 N–H and O–H groups in total. The molecule has 2 rings (SSSR count). The lowest BCUT2D eigenvalue weighted by Crippen LogP contribution is -3.00. The van der Waals surface area contributed by atoms with Gasteiger partial charge in [0.05, 0.1) is 0 Å². The second-order valence-corrected chi connectivity index (χ2v) is 3.77. The first kappa shape index (κ1) is 13.5. The summed E-state index contributed by atoms with van der Waals surface area (Å²) in [5.41, 5.74) is 1.32. The van der Waals surface area contributed by atoms with Crippen molar-refractivity contribution in [2.75, 3.05) is 0 Å². The molecule has 1 aromatic carbocycles. The zero-order valence-electron chi connectivity index (χ0n) is 9.67. The molecule has 1 unspecified atom stereocenters. The second-order valence-electron chi connectivity index (χ2n) is 3.77. The summed E-state index contributed by atoms with van der Waals surface area (Å²) in [6.45, 7) is 3.84. The Labute approximate surface area is 109 Å². The van der Waals surface area contributed by atoms with E-state index in [1.165, 1.54) is 5.56 Å². The van der Waals surface area contributed by atoms with Gasteiger partial charge in [-0.15, -0.1) is 6.58 Å². The summed E-state index contributed by atoms with van der Waals surface area (Å²) in [7, 11) is 0. The van der Waals surface area contributed by atoms with Crippen LogP contribution in [0, 0.1) is 0 Å². The Bertz CT molecular complexity index is 399. The standard InChI is InChI=1S/C15H16N.ClH/c1-2-9-15(14-10-5-3-6-11-14)16-12-7-4-8-13-16;/h2-8,10-13,15H,1,9H2;1H/q+1;/p-1. The third kappa shape index (κ3) is 3.43. The van der Waals surface area contributed by atoms with Crippen molar-refractivity contribution in [1.29, 1.82) is 0 Å². The molecule has 0 radical (unpaired) electrons. The van der Waals surface area contributed by atoms with Crippen LogP contribution in [-0.4, -0.2) is 0 Å². The van der Waals surface area contributed by atoms with Crippen molar-refractivity contribution in [1.82, 2.24) is 0 Å². The largest absolute Gasteiger partial charge is 1.00 e. The predicted octanol–water partition coefficient (Wildman–Crippen LogP) is 0.144. The first-order valence-electron chi connectivity index (χ1n) is 5.53. The maximum Gasteiger partial charge on any atom is 0.186 e. The van der Waals surface area contributed by atoms with Crippen molar-refractivity contribution < 1.29 is 17.0 Å². The minimum Gasteiger partial charge on any atom is -1.00 e. The van der Waals surface area contributed by atoms with E-state index >= 15 is 0 Å². The lowest BCUT2D eigenvalue weighted by molar-refractivity contribution is -0.713. The Morgan fingerprint density at radius 2 is 1.59 bits per heavy atom. The van der Waals surface area contributed by atoms with E-state index in [0.717, 1.165) is 6.42 Å². The molecule has 0 aliphatic rings. The lowest BCUT2D eigenvalue weighted by atomic mass is 10.0. The summed E-state index contributed by atoms with van der Waals surface area (Å²) in [5.74, 6) is 0. The van der Waals surface area contributed by atoms with Crippen LogP contribution in [0.3, 0.4) is 0 Å². The second kappa shape index (κ2) is 6.87. The highest BCUT2D eigenvalue weighted by molar-refractivity contribution is 5.17. The Balaban J connectivity index is 0.00000144. The molecule has 1 atom stereocenters. The summed E-state index contributed by atoms with van der Waals surface area (Å²) in [5, 5.41) is 0. The van der Waals surface area contributed by atoms with Crippen LogP contribution in [0.5, 0.6) is 0 Å². The Hall–Kier alpha value is -1.60. The number of hydrogen-bond acceptors (Lipinski definition) is 0. The monoisotopic (exact) mass is 245 g/mol. The number of hydrogen-bond donors (Lipinski definition) is 0. The van der Waals surface area contributed by atoms with Gasteiger partial charge in [-0.2, -0.15) is 4.57 Å². The minimum absolute atomic E-state index is 0. The number of pyridine rings is 1. The normalized spacial score (nSPS) is 11.3. The zero-order valence-corrected chi connectivity index (χ0v) is 10.4. The fourth-order valence-electron chi connectivity index (χ4n) is 1.88. The van der Waals surface area contributed by atoms with E-state index in [-0.39, 0.29) is 12.4 Å². The van der Waals surface area contributed by atoms with Gasteiger partial charge in [0.1, 0.15) is 0 Å². The van der Waals surface area contributed by atoms with Gasteiger partial charge in [0.25, 0.3) is 0 Å². The molecule has 1 aromatic heterocycles. The molecule has 0 fully saturated rings. The molecular formula is C15H16ClN. The third-order valence-electron chi connectivity index (χ3n) is 2.67. The summed E-state index contributed by atoms with van der Waals surface area (Å²) in [6.07, 6.45) is 7.11. The first-order chi connectivity index (χ1) is 7.92. The van der Waals surface area contributed by atoms with Gasteiger partial charge in [-0.3, -0.25) is 0 Å². The van der Waals surface area contributed by atoms with Gasteiger partial charge in [0, 0.05) is 24.1 Å². The molecule has 88 valence electrons. The van der Waals surface area contributed by atoms with E-state index in [4.69, 9.17) is 0 Å². The topological polar surface area (TPSA) is 3.88 Å². The molecule has 1 heterocycles. The third-order valence-corrected chi connectivity index (χ3v) is 2.67. The number of nitrogens with zero attached hydrogens (tertiary/aromatic N) is 1. The number of benzene rings is 1. The van der Waals surface area contributed by atoms with Crippen molar-refractivity contribution in [3.05, 3.63) is 79.1 Å². The summed E-state index contributed by atoms with van der Waals surface area (Å²) in [4.78, 5) is 0. The number of allylic oxidation sites excluding steroid dienone is 1. The molecule has 0 aliphatic heterocycles. The molecule has 0 amide bonds. The molecule has 0 saturated carbocycles. The van der Waals surface area contributed by atoms with Crippen LogP contribution in [0.2, 0.25) is 0 Å². The molecule has 1 nitrogen and oxygen atoms in total. The maximum absolute atomic E-state index is 3.84. The van der Waals surface area contributed by atoms with Gasteiger partial charge >= 0.3 is 0 Å². The minimum atomic E-state index is 0. The molecule has 0 bridgehead atoms. The molecule has 0 aliphatic carbocycles. The van der Waals surface area contributed by atoms with Gasteiger partial charge < -0.3 is 12.4 Å². The van der Waals surface area contributed by atoms with Gasteiger partial charge in [-0.25, -0.2) is 0 Å². The van der Waals surface area contributed by atoms with Crippen LogP contribution in [0.15, 0.2) is 73.6 Å². The van der Waals surface area contributed by atoms with Crippen LogP contribution >= 0.6 is 0 Å².